The predicted octanol–water partition coefficient (Wildman–Crippen LogP) is 0.279. The van der Waals surface area contributed by atoms with Gasteiger partial charge in [0, 0.05) is 6.07 Å². The van der Waals surface area contributed by atoms with Gasteiger partial charge in [-0.05, 0) is 12.8 Å². The predicted molar refractivity (Wildman–Crippen MR) is 55.8 cm³/mol. The molecule has 1 fully saturated rings. The van der Waals surface area contributed by atoms with Gasteiger partial charge in [0.25, 0.3) is 0 Å². The number of methoxy groups -OCH3 is 1. The van der Waals surface area contributed by atoms with Crippen LogP contribution in [0.25, 0.3) is 0 Å². The van der Waals surface area contributed by atoms with Gasteiger partial charge in [-0.25, -0.2) is 18.5 Å². The number of hydrogen-bond donors (Lipinski definition) is 1. The SMILES string of the molecule is COc1ncc(OC2CC2)cc1S(N)(=O)=O. The molecule has 0 aromatic carbocycles. The summed E-state index contributed by atoms with van der Waals surface area (Å²) in [5.41, 5.74) is 0. The second-order valence-electron chi connectivity index (χ2n) is 3.54. The lowest BCUT2D eigenvalue weighted by Crippen LogP contribution is -2.14. The highest BCUT2D eigenvalue weighted by atomic mass is 32.2. The average molecular weight is 244 g/mol. The lowest BCUT2D eigenvalue weighted by atomic mass is 10.4. The van der Waals surface area contributed by atoms with Crippen LogP contribution >= 0.6 is 0 Å². The average Bonchev–Trinajstić information content (AvgIpc) is 3.00. The second-order valence-corrected chi connectivity index (χ2v) is 5.07. The first kappa shape index (κ1) is 11.2. The summed E-state index contributed by atoms with van der Waals surface area (Å²) in [6.45, 7) is 0. The third-order valence-electron chi connectivity index (χ3n) is 2.12. The van der Waals surface area contributed by atoms with Crippen LogP contribution in [0.1, 0.15) is 12.8 Å². The molecule has 0 aliphatic heterocycles. The molecule has 0 amide bonds. The summed E-state index contributed by atoms with van der Waals surface area (Å²) in [4.78, 5) is 3.68. The number of nitrogens with two attached hydrogens (primary N) is 1. The van der Waals surface area contributed by atoms with Gasteiger partial charge in [-0.2, -0.15) is 0 Å². The van der Waals surface area contributed by atoms with Gasteiger partial charge in [0.2, 0.25) is 15.9 Å². The zero-order valence-electron chi connectivity index (χ0n) is 8.71. The van der Waals surface area contributed by atoms with E-state index in [1.54, 1.807) is 0 Å². The van der Waals surface area contributed by atoms with Crippen LogP contribution in [0.15, 0.2) is 17.2 Å². The van der Waals surface area contributed by atoms with Crippen molar-refractivity contribution in [3.63, 3.8) is 0 Å². The summed E-state index contributed by atoms with van der Waals surface area (Å²) in [5, 5.41) is 5.05. The van der Waals surface area contributed by atoms with Gasteiger partial charge in [-0.15, -0.1) is 0 Å². The number of ether oxygens (including phenoxy) is 2. The first-order chi connectivity index (χ1) is 7.50. The van der Waals surface area contributed by atoms with Crippen LogP contribution in [0.5, 0.6) is 11.6 Å². The summed E-state index contributed by atoms with van der Waals surface area (Å²) < 4.78 is 32.8. The van der Waals surface area contributed by atoms with E-state index in [2.05, 4.69) is 4.98 Å². The van der Waals surface area contributed by atoms with E-state index < -0.39 is 10.0 Å². The Morgan fingerprint density at radius 2 is 2.19 bits per heavy atom. The minimum Gasteiger partial charge on any atom is -0.489 e. The molecule has 16 heavy (non-hydrogen) atoms. The molecule has 0 radical (unpaired) electrons. The third kappa shape index (κ3) is 2.42. The molecule has 1 aliphatic rings. The Hall–Kier alpha value is -1.34. The Bertz CT molecular complexity index is 496. The molecule has 7 heteroatoms. The van der Waals surface area contributed by atoms with E-state index >= 15 is 0 Å². The molecule has 0 bridgehead atoms. The first-order valence-corrected chi connectivity index (χ1v) is 6.29. The summed E-state index contributed by atoms with van der Waals surface area (Å²) in [7, 11) is -2.52. The Labute approximate surface area is 93.4 Å². The molecule has 2 N–H and O–H groups in total. The number of hydrogen-bond acceptors (Lipinski definition) is 5. The number of rotatable bonds is 4. The molecule has 0 spiro atoms. The van der Waals surface area contributed by atoms with Crippen molar-refractivity contribution in [1.82, 2.24) is 4.98 Å². The Morgan fingerprint density at radius 1 is 1.50 bits per heavy atom. The molecule has 1 aromatic rings. The Kier molecular flexibility index (Phi) is 2.73. The molecule has 1 heterocycles. The fraction of sp³-hybridized carbons (Fsp3) is 0.444. The third-order valence-corrected chi connectivity index (χ3v) is 3.03. The minimum absolute atomic E-state index is 0.0225. The van der Waals surface area contributed by atoms with Gasteiger partial charge in [0.05, 0.1) is 19.4 Å². The maximum Gasteiger partial charge on any atom is 0.243 e. The molecule has 1 aromatic heterocycles. The van der Waals surface area contributed by atoms with Crippen LogP contribution in [0.4, 0.5) is 0 Å². The van der Waals surface area contributed by atoms with Crippen molar-refractivity contribution >= 4 is 10.0 Å². The van der Waals surface area contributed by atoms with Crippen molar-refractivity contribution in [1.29, 1.82) is 0 Å². The van der Waals surface area contributed by atoms with Crippen LogP contribution in [0, 0.1) is 0 Å². The van der Waals surface area contributed by atoms with Gasteiger partial charge < -0.3 is 9.47 Å². The molecule has 0 unspecified atom stereocenters. The van der Waals surface area contributed by atoms with Gasteiger partial charge >= 0.3 is 0 Å². The van der Waals surface area contributed by atoms with E-state index in [-0.39, 0.29) is 16.9 Å². The molecule has 88 valence electrons. The van der Waals surface area contributed by atoms with Gasteiger partial charge in [0.15, 0.2) is 0 Å². The maximum absolute atomic E-state index is 11.3. The summed E-state index contributed by atoms with van der Waals surface area (Å²) >= 11 is 0. The van der Waals surface area contributed by atoms with E-state index in [1.807, 2.05) is 0 Å². The van der Waals surface area contributed by atoms with Crippen molar-refractivity contribution < 1.29 is 17.9 Å². The fourth-order valence-corrected chi connectivity index (χ4v) is 1.87. The zero-order valence-corrected chi connectivity index (χ0v) is 9.53. The molecule has 0 atom stereocenters. The number of sulfonamides is 1. The minimum atomic E-state index is -3.85. The normalized spacial score (nSPS) is 15.9. The van der Waals surface area contributed by atoms with E-state index in [0.29, 0.717) is 5.75 Å². The van der Waals surface area contributed by atoms with Crippen molar-refractivity contribution in [2.24, 2.45) is 5.14 Å². The highest BCUT2D eigenvalue weighted by Crippen LogP contribution is 2.29. The van der Waals surface area contributed by atoms with Crippen molar-refractivity contribution in [2.45, 2.75) is 23.8 Å². The van der Waals surface area contributed by atoms with Crippen LogP contribution < -0.4 is 14.6 Å². The first-order valence-electron chi connectivity index (χ1n) is 4.74. The zero-order chi connectivity index (χ0) is 11.8. The molecule has 6 nitrogen and oxygen atoms in total. The standard InChI is InChI=1S/C9H12N2O4S/c1-14-9-8(16(10,12)13)4-7(5-11-9)15-6-2-3-6/h4-6H,2-3H2,1H3,(H2,10,12,13). The molecular weight excluding hydrogens is 232 g/mol. The highest BCUT2D eigenvalue weighted by Gasteiger charge is 2.25. The lowest BCUT2D eigenvalue weighted by molar-refractivity contribution is 0.298. The summed E-state index contributed by atoms with van der Waals surface area (Å²) in [6, 6.07) is 1.33. The lowest BCUT2D eigenvalue weighted by Gasteiger charge is -2.08. The van der Waals surface area contributed by atoms with Crippen molar-refractivity contribution in [2.75, 3.05) is 7.11 Å². The van der Waals surface area contributed by atoms with Crippen molar-refractivity contribution in [3.05, 3.63) is 12.3 Å². The monoisotopic (exact) mass is 244 g/mol. The highest BCUT2D eigenvalue weighted by molar-refractivity contribution is 7.89. The Morgan fingerprint density at radius 3 is 2.69 bits per heavy atom. The maximum atomic E-state index is 11.3. The van der Waals surface area contributed by atoms with E-state index in [9.17, 15) is 8.42 Å². The van der Waals surface area contributed by atoms with Crippen LogP contribution in [0.3, 0.4) is 0 Å². The van der Waals surface area contributed by atoms with Crippen LogP contribution in [-0.2, 0) is 10.0 Å². The fourth-order valence-electron chi connectivity index (χ4n) is 1.21. The van der Waals surface area contributed by atoms with E-state index in [0.717, 1.165) is 12.8 Å². The topological polar surface area (TPSA) is 91.5 Å². The van der Waals surface area contributed by atoms with Gasteiger partial charge in [-0.1, -0.05) is 0 Å². The van der Waals surface area contributed by atoms with E-state index in [4.69, 9.17) is 14.6 Å². The van der Waals surface area contributed by atoms with E-state index in [1.165, 1.54) is 19.4 Å². The Balaban J connectivity index is 2.37. The van der Waals surface area contributed by atoms with Crippen LogP contribution in [0.2, 0.25) is 0 Å². The molecular formula is C9H12N2O4S. The number of aromatic nitrogens is 1. The molecule has 0 saturated heterocycles. The smallest absolute Gasteiger partial charge is 0.243 e. The largest absolute Gasteiger partial charge is 0.489 e. The molecule has 2 rings (SSSR count). The van der Waals surface area contributed by atoms with Crippen molar-refractivity contribution in [3.8, 4) is 11.6 Å². The number of nitrogens with zero attached hydrogens (tertiary/aromatic N) is 1. The quantitative estimate of drug-likeness (QED) is 0.821. The molecule has 1 saturated carbocycles. The summed E-state index contributed by atoms with van der Waals surface area (Å²) in [6.07, 6.45) is 3.56. The van der Waals surface area contributed by atoms with Gasteiger partial charge in [-0.3, -0.25) is 0 Å². The van der Waals surface area contributed by atoms with Crippen LogP contribution in [-0.4, -0.2) is 26.6 Å². The number of primary sulfonamides is 1. The van der Waals surface area contributed by atoms with Gasteiger partial charge in [0.1, 0.15) is 10.6 Å². The number of pyridine rings is 1. The molecule has 1 aliphatic carbocycles. The second kappa shape index (κ2) is 3.91. The summed E-state index contributed by atoms with van der Waals surface area (Å²) in [5.74, 6) is 0.373.